The van der Waals surface area contributed by atoms with E-state index < -0.39 is 0 Å². The van der Waals surface area contributed by atoms with Crippen LogP contribution in [-0.2, 0) is 17.9 Å². The lowest BCUT2D eigenvalue weighted by Gasteiger charge is -2.29. The molecule has 0 saturated carbocycles. The quantitative estimate of drug-likeness (QED) is 0.270. The SMILES string of the molecule is Cc1cccc(NC(=O)N(CC(=O)N(Cc2ccc(F)cc2)Cc2coc3ccccc3c2=O)CC(C)C)c1C. The molecule has 4 rings (SSSR count). The van der Waals surface area contributed by atoms with Gasteiger partial charge in [-0.1, -0.05) is 50.2 Å². The summed E-state index contributed by atoms with van der Waals surface area (Å²) in [5.74, 6) is -0.632. The fourth-order valence-corrected chi connectivity index (χ4v) is 4.48. The molecule has 0 atom stereocenters. The molecule has 0 aliphatic carbocycles. The minimum Gasteiger partial charge on any atom is -0.464 e. The second kappa shape index (κ2) is 12.6. The van der Waals surface area contributed by atoms with Gasteiger partial charge in [0.05, 0.1) is 23.8 Å². The summed E-state index contributed by atoms with van der Waals surface area (Å²) < 4.78 is 19.2. The number of para-hydroxylation sites is 1. The van der Waals surface area contributed by atoms with Crippen LogP contribution in [0.1, 0.15) is 36.1 Å². The first-order chi connectivity index (χ1) is 19.1. The summed E-state index contributed by atoms with van der Waals surface area (Å²) in [5, 5.41) is 3.37. The summed E-state index contributed by atoms with van der Waals surface area (Å²) in [4.78, 5) is 43.3. The summed E-state index contributed by atoms with van der Waals surface area (Å²) in [7, 11) is 0. The lowest BCUT2D eigenvalue weighted by molar-refractivity contribution is -0.133. The molecule has 1 heterocycles. The van der Waals surface area contributed by atoms with Crippen LogP contribution in [0.4, 0.5) is 14.9 Å². The number of nitrogens with one attached hydrogen (secondary N) is 1. The molecule has 1 N–H and O–H groups in total. The second-order valence-corrected chi connectivity index (χ2v) is 10.4. The Labute approximate surface area is 233 Å². The van der Waals surface area contributed by atoms with E-state index in [1.165, 1.54) is 28.2 Å². The van der Waals surface area contributed by atoms with E-state index in [9.17, 15) is 18.8 Å². The monoisotopic (exact) mass is 543 g/mol. The third-order valence-electron chi connectivity index (χ3n) is 6.80. The first-order valence-electron chi connectivity index (χ1n) is 13.3. The average molecular weight is 544 g/mol. The molecule has 0 spiro atoms. The summed E-state index contributed by atoms with van der Waals surface area (Å²) in [6.45, 7) is 8.09. The van der Waals surface area contributed by atoms with Gasteiger partial charge < -0.3 is 19.5 Å². The lowest BCUT2D eigenvalue weighted by atomic mass is 10.1. The molecular formula is C32H34FN3O4. The van der Waals surface area contributed by atoms with Crippen molar-refractivity contribution >= 4 is 28.6 Å². The van der Waals surface area contributed by atoms with Gasteiger partial charge in [-0.15, -0.1) is 0 Å². The van der Waals surface area contributed by atoms with Gasteiger partial charge in [-0.05, 0) is 66.8 Å². The predicted molar refractivity (Wildman–Crippen MR) is 154 cm³/mol. The van der Waals surface area contributed by atoms with Gasteiger partial charge in [-0.3, -0.25) is 9.59 Å². The zero-order chi connectivity index (χ0) is 28.8. The van der Waals surface area contributed by atoms with Gasteiger partial charge >= 0.3 is 6.03 Å². The zero-order valence-corrected chi connectivity index (χ0v) is 23.2. The minimum atomic E-state index is -0.386. The predicted octanol–water partition coefficient (Wildman–Crippen LogP) is 6.27. The van der Waals surface area contributed by atoms with Crippen molar-refractivity contribution < 1.29 is 18.4 Å². The Balaban J connectivity index is 1.61. The van der Waals surface area contributed by atoms with Gasteiger partial charge in [-0.25, -0.2) is 9.18 Å². The van der Waals surface area contributed by atoms with E-state index in [1.54, 1.807) is 36.4 Å². The number of rotatable bonds is 9. The van der Waals surface area contributed by atoms with E-state index in [1.807, 2.05) is 45.9 Å². The Morgan fingerprint density at radius 3 is 2.38 bits per heavy atom. The Morgan fingerprint density at radius 2 is 1.65 bits per heavy atom. The van der Waals surface area contributed by atoms with Gasteiger partial charge in [0, 0.05) is 18.8 Å². The molecule has 0 saturated heterocycles. The minimum absolute atomic E-state index is 0.0303. The number of anilines is 1. The lowest BCUT2D eigenvalue weighted by Crippen LogP contribution is -2.45. The number of aryl methyl sites for hydroxylation is 1. The molecule has 0 radical (unpaired) electrons. The summed E-state index contributed by atoms with van der Waals surface area (Å²) in [6, 6.07) is 18.0. The van der Waals surface area contributed by atoms with Crippen molar-refractivity contribution in [2.75, 3.05) is 18.4 Å². The molecule has 0 fully saturated rings. The van der Waals surface area contributed by atoms with Gasteiger partial charge in [0.1, 0.15) is 17.9 Å². The molecule has 40 heavy (non-hydrogen) atoms. The topological polar surface area (TPSA) is 82.9 Å². The van der Waals surface area contributed by atoms with Crippen LogP contribution in [0.3, 0.4) is 0 Å². The van der Waals surface area contributed by atoms with Crippen molar-refractivity contribution in [2.24, 2.45) is 5.92 Å². The largest absolute Gasteiger partial charge is 0.464 e. The number of urea groups is 1. The number of hydrogen-bond donors (Lipinski definition) is 1. The van der Waals surface area contributed by atoms with Crippen LogP contribution in [-0.4, -0.2) is 34.8 Å². The molecule has 1 aromatic heterocycles. The van der Waals surface area contributed by atoms with Crippen LogP contribution >= 0.6 is 0 Å². The highest BCUT2D eigenvalue weighted by molar-refractivity contribution is 5.93. The van der Waals surface area contributed by atoms with Crippen molar-refractivity contribution in [3.05, 3.63) is 111 Å². The van der Waals surface area contributed by atoms with Gasteiger partial charge in [0.25, 0.3) is 0 Å². The standard InChI is InChI=1S/C32H34FN3O4/c1-21(2)16-36(32(39)34-28-10-7-8-22(3)23(28)4)19-30(37)35(17-24-12-14-26(33)15-13-24)18-25-20-40-29-11-6-5-9-27(29)31(25)38/h5-15,20-21H,16-19H2,1-4H3,(H,34,39). The van der Waals surface area contributed by atoms with E-state index in [-0.39, 0.29) is 48.7 Å². The van der Waals surface area contributed by atoms with E-state index in [2.05, 4.69) is 5.32 Å². The van der Waals surface area contributed by atoms with E-state index in [4.69, 9.17) is 4.42 Å². The highest BCUT2D eigenvalue weighted by Gasteiger charge is 2.24. The van der Waals surface area contributed by atoms with Crippen LogP contribution in [0.2, 0.25) is 0 Å². The van der Waals surface area contributed by atoms with E-state index in [0.717, 1.165) is 11.1 Å². The zero-order valence-electron chi connectivity index (χ0n) is 23.2. The van der Waals surface area contributed by atoms with Crippen LogP contribution in [0, 0.1) is 25.6 Å². The summed E-state index contributed by atoms with van der Waals surface area (Å²) in [5.41, 5.74) is 3.91. The highest BCUT2D eigenvalue weighted by atomic mass is 19.1. The van der Waals surface area contributed by atoms with Crippen molar-refractivity contribution in [1.29, 1.82) is 0 Å². The molecule has 208 valence electrons. The van der Waals surface area contributed by atoms with E-state index >= 15 is 0 Å². The third-order valence-corrected chi connectivity index (χ3v) is 6.80. The van der Waals surface area contributed by atoms with Gasteiger partial charge in [-0.2, -0.15) is 0 Å². The molecule has 0 bridgehead atoms. The number of hydrogen-bond acceptors (Lipinski definition) is 4. The number of benzene rings is 3. The number of carbonyl (C=O) groups excluding carboxylic acids is 2. The number of halogens is 1. The number of carbonyl (C=O) groups is 2. The van der Waals surface area contributed by atoms with Crippen LogP contribution in [0.5, 0.6) is 0 Å². The first kappa shape index (κ1) is 28.5. The normalized spacial score (nSPS) is 11.1. The van der Waals surface area contributed by atoms with Crippen LogP contribution in [0.15, 0.2) is 82.2 Å². The van der Waals surface area contributed by atoms with Crippen molar-refractivity contribution in [3.63, 3.8) is 0 Å². The number of nitrogens with zero attached hydrogens (tertiary/aromatic N) is 2. The van der Waals surface area contributed by atoms with Crippen molar-refractivity contribution in [2.45, 2.75) is 40.8 Å². The van der Waals surface area contributed by atoms with Gasteiger partial charge in [0.15, 0.2) is 5.43 Å². The molecule has 0 aliphatic heterocycles. The maximum absolute atomic E-state index is 13.8. The third kappa shape index (κ3) is 6.94. The molecule has 3 amide bonds. The Morgan fingerprint density at radius 1 is 0.925 bits per heavy atom. The fourth-order valence-electron chi connectivity index (χ4n) is 4.48. The summed E-state index contributed by atoms with van der Waals surface area (Å²) in [6.07, 6.45) is 1.37. The molecule has 7 nitrogen and oxygen atoms in total. The molecular weight excluding hydrogens is 509 g/mol. The fraction of sp³-hybridized carbons (Fsp3) is 0.281. The molecule has 4 aromatic rings. The van der Waals surface area contributed by atoms with Crippen molar-refractivity contribution in [3.8, 4) is 0 Å². The van der Waals surface area contributed by atoms with Crippen LogP contribution in [0.25, 0.3) is 11.0 Å². The maximum atomic E-state index is 13.8. The Bertz CT molecular complexity index is 1560. The maximum Gasteiger partial charge on any atom is 0.322 e. The number of amides is 3. The number of fused-ring (bicyclic) bond motifs is 1. The smallest absolute Gasteiger partial charge is 0.322 e. The van der Waals surface area contributed by atoms with E-state index in [0.29, 0.717) is 34.3 Å². The summed E-state index contributed by atoms with van der Waals surface area (Å²) >= 11 is 0. The molecule has 3 aromatic carbocycles. The molecule has 0 aliphatic rings. The van der Waals surface area contributed by atoms with Gasteiger partial charge in [0.2, 0.25) is 5.91 Å². The van der Waals surface area contributed by atoms with Crippen molar-refractivity contribution in [1.82, 2.24) is 9.80 Å². The highest BCUT2D eigenvalue weighted by Crippen LogP contribution is 2.19. The molecule has 0 unspecified atom stereocenters. The molecule has 8 heteroatoms. The average Bonchev–Trinajstić information content (AvgIpc) is 2.93. The Kier molecular flexibility index (Phi) is 8.99. The Hall–Kier alpha value is -4.46. The van der Waals surface area contributed by atoms with Crippen LogP contribution < -0.4 is 10.7 Å². The second-order valence-electron chi connectivity index (χ2n) is 10.4. The first-order valence-corrected chi connectivity index (χ1v) is 13.3.